The summed E-state index contributed by atoms with van der Waals surface area (Å²) in [7, 11) is 0. The van der Waals surface area contributed by atoms with Gasteiger partial charge >= 0.3 is 56.2 Å². The van der Waals surface area contributed by atoms with Crippen molar-refractivity contribution in [1.29, 1.82) is 0 Å². The van der Waals surface area contributed by atoms with Crippen LogP contribution in [0.15, 0.2) is 25.3 Å². The fraction of sp³-hybridized carbons (Fsp3) is 0.750. The van der Waals surface area contributed by atoms with Gasteiger partial charge < -0.3 is 27.4 Å². The number of hydrogen-bond acceptors (Lipinski definition) is 4. The molecule has 0 aromatic rings. The van der Waals surface area contributed by atoms with Crippen LogP contribution in [0.5, 0.6) is 0 Å². The van der Waals surface area contributed by atoms with Crippen molar-refractivity contribution >= 4 is 72.4 Å². The quantitative estimate of drug-likeness (QED) is 0.115. The average Bonchev–Trinajstić information content (AvgIpc) is 3.72. The Morgan fingerprint density at radius 1 is 1.21 bits per heavy atom. The molecule has 5 rings (SSSR count). The first-order valence-corrected chi connectivity index (χ1v) is 15.3. The molecule has 2 N–H and O–H groups in total. The predicted molar refractivity (Wildman–Crippen MR) is 145 cm³/mol. The van der Waals surface area contributed by atoms with Crippen molar-refractivity contribution in [1.82, 2.24) is 0 Å². The third-order valence-corrected chi connectivity index (χ3v) is 6.56. The van der Waals surface area contributed by atoms with E-state index in [9.17, 15) is 4.79 Å². The molecular weight excluding hydrogens is 673 g/mol. The number of alkyl halides is 2. The van der Waals surface area contributed by atoms with Crippen molar-refractivity contribution in [2.45, 2.75) is 69.7 Å². The molecule has 7 atom stereocenters. The van der Waals surface area contributed by atoms with E-state index in [1.807, 2.05) is 0 Å². The van der Waals surface area contributed by atoms with Gasteiger partial charge in [-0.1, -0.05) is 6.08 Å². The van der Waals surface area contributed by atoms with Gasteiger partial charge in [0.1, 0.15) is 5.78 Å². The summed E-state index contributed by atoms with van der Waals surface area (Å²) in [4.78, 5) is 10.6. The summed E-state index contributed by atoms with van der Waals surface area (Å²) in [6.45, 7) is 10.9. The summed E-state index contributed by atoms with van der Waals surface area (Å²) < 4.78 is 4.73. The van der Waals surface area contributed by atoms with Crippen molar-refractivity contribution in [3.8, 4) is 0 Å². The van der Waals surface area contributed by atoms with E-state index in [2.05, 4.69) is 32.8 Å². The zero-order valence-corrected chi connectivity index (χ0v) is 26.6. The maximum Gasteiger partial charge on any atom is 2.00 e. The van der Waals surface area contributed by atoms with E-state index in [-0.39, 0.29) is 47.7 Å². The van der Waals surface area contributed by atoms with Gasteiger partial charge in [0.15, 0.2) is 0 Å². The molecule has 200 valence electrons. The monoisotopic (exact) mass is 710 g/mol. The van der Waals surface area contributed by atoms with E-state index in [1.165, 1.54) is 31.8 Å². The van der Waals surface area contributed by atoms with Crippen LogP contribution in [0.1, 0.15) is 51.4 Å². The minimum absolute atomic E-state index is 0. The van der Waals surface area contributed by atoms with Crippen LogP contribution in [0.3, 0.4) is 0 Å². The molecular formula is C24H39Cl3CuIMgO4. The first-order valence-electron chi connectivity index (χ1n) is 11.2. The van der Waals surface area contributed by atoms with Crippen LogP contribution in [0.4, 0.5) is 0 Å². The molecule has 1 aliphatic heterocycles. The molecule has 0 spiro atoms. The molecule has 4 aliphatic carbocycles. The van der Waals surface area contributed by atoms with Crippen LogP contribution >= 0.6 is 43.5 Å². The van der Waals surface area contributed by atoms with Crippen molar-refractivity contribution in [2.75, 3.05) is 18.4 Å². The number of ether oxygens (including phenoxy) is 1. The Bertz CT molecular complexity index is 532. The van der Waals surface area contributed by atoms with E-state index >= 15 is 0 Å². The first kappa shape index (κ1) is 40.3. The SMILES string of the molecule is C=CCC[C@H](O)CCl.C=C[CH2-].ClC[C@@H]1CO1.O=C1CC[C@@H]2CC12.O[C@H]1CC[C@@H]2CC21.[Cl-].[Cu][I].[Mg+2]. The Hall–Kier alpha value is 1.79. The van der Waals surface area contributed by atoms with Crippen LogP contribution in [0, 0.1) is 30.6 Å². The van der Waals surface area contributed by atoms with Gasteiger partial charge in [0, 0.05) is 18.2 Å². The Morgan fingerprint density at radius 2 is 1.79 bits per heavy atom. The molecule has 5 fully saturated rings. The third-order valence-electron chi connectivity index (χ3n) is 5.86. The Balaban J connectivity index is -0.000000350. The van der Waals surface area contributed by atoms with Crippen LogP contribution in [-0.4, -0.2) is 75.7 Å². The fourth-order valence-corrected chi connectivity index (χ4v) is 4.02. The van der Waals surface area contributed by atoms with Gasteiger partial charge in [-0.05, 0) is 62.7 Å². The van der Waals surface area contributed by atoms with Crippen LogP contribution in [0.2, 0.25) is 0 Å². The second-order valence-corrected chi connectivity index (χ2v) is 9.10. The predicted octanol–water partition coefficient (Wildman–Crippen LogP) is 2.45. The van der Waals surface area contributed by atoms with Crippen molar-refractivity contribution < 1.29 is 44.9 Å². The number of carbonyl (C=O) groups is 1. The fourth-order valence-electron chi connectivity index (χ4n) is 3.69. The van der Waals surface area contributed by atoms with Crippen molar-refractivity contribution in [3.63, 3.8) is 0 Å². The summed E-state index contributed by atoms with van der Waals surface area (Å²) in [5.74, 6) is 4.58. The number of epoxide rings is 1. The molecule has 4 nitrogen and oxygen atoms in total. The Kier molecular flexibility index (Phi) is 29.7. The summed E-state index contributed by atoms with van der Waals surface area (Å²) in [5.41, 5.74) is 0. The van der Waals surface area contributed by atoms with Crippen LogP contribution in [0.25, 0.3) is 0 Å². The number of carbonyl (C=O) groups excluding carboxylic acids is 1. The number of hydrogen-bond donors (Lipinski definition) is 2. The van der Waals surface area contributed by atoms with Crippen molar-refractivity contribution in [2.24, 2.45) is 23.7 Å². The summed E-state index contributed by atoms with van der Waals surface area (Å²) in [5, 5.41) is 17.8. The number of aliphatic hydroxyl groups excluding tert-OH is 2. The van der Waals surface area contributed by atoms with Gasteiger partial charge in [-0.25, -0.2) is 19.6 Å². The molecule has 0 aromatic carbocycles. The zero-order valence-electron chi connectivity index (χ0n) is 19.8. The minimum atomic E-state index is -0.352. The van der Waals surface area contributed by atoms with E-state index in [1.54, 1.807) is 26.4 Å². The van der Waals surface area contributed by atoms with E-state index in [0.717, 1.165) is 50.0 Å². The summed E-state index contributed by atoms with van der Waals surface area (Å²) >= 11 is 16.4. The molecule has 0 bridgehead atoms. The van der Waals surface area contributed by atoms with E-state index in [0.29, 0.717) is 29.6 Å². The standard InChI is InChI=1S/C6H11ClO.C6H10O.C6H8O.C3H5ClO.C3H5.ClH.Cu.HI.Mg/c1-2-3-4-6(8)5-7;2*7-6-2-1-4-3-5(4)6;4-1-3-2-5-3;1-3-2;;;;/h2,6,8H,1,3-5H2;4-7H,1-3H2;4-5H,1-3H2;3H,1-2H2;3H,1-2H2;1H;;1H;/q;;;;-1;;+1;;+2/p-2/t6-;4-,5?,6+;4-,5?;3-;;;;;/m0111...../s1. The van der Waals surface area contributed by atoms with Crippen LogP contribution in [-0.2, 0) is 22.3 Å². The molecule has 1 saturated heterocycles. The smallest absolute Gasteiger partial charge is 2.00 e. The van der Waals surface area contributed by atoms with E-state index < -0.39 is 0 Å². The van der Waals surface area contributed by atoms with Gasteiger partial charge in [0.2, 0.25) is 0 Å². The van der Waals surface area contributed by atoms with Gasteiger partial charge in [-0.3, -0.25) is 4.79 Å². The molecule has 1 heterocycles. The average molecular weight is 713 g/mol. The maximum absolute atomic E-state index is 10.6. The Morgan fingerprint density at radius 3 is 1.94 bits per heavy atom. The largest absolute Gasteiger partial charge is 2.00 e. The van der Waals surface area contributed by atoms with Crippen LogP contribution < -0.4 is 12.4 Å². The number of halogens is 4. The molecule has 0 aromatic heterocycles. The normalized spacial score (nSPS) is 30.0. The molecule has 34 heavy (non-hydrogen) atoms. The molecule has 5 aliphatic rings. The minimum Gasteiger partial charge on any atom is 2.00 e. The summed E-state index contributed by atoms with van der Waals surface area (Å²) in [6, 6.07) is 0. The number of allylic oxidation sites excluding steroid dienone is 2. The second kappa shape index (κ2) is 25.1. The molecule has 10 heteroatoms. The maximum atomic E-state index is 10.6. The topological polar surface area (TPSA) is 70.1 Å². The molecule has 0 radical (unpaired) electrons. The number of aliphatic hydroxyl groups is 2. The molecule has 0 amide bonds. The first-order chi connectivity index (χ1) is 15.4. The summed E-state index contributed by atoms with van der Waals surface area (Å²) in [6.07, 6.45) is 12.0. The third kappa shape index (κ3) is 19.8. The van der Waals surface area contributed by atoms with Gasteiger partial charge in [-0.15, -0.1) is 29.8 Å². The number of Topliss-reactive ketones (excluding diaryl/α,β-unsaturated/α-hetero) is 1. The van der Waals surface area contributed by atoms with Gasteiger partial charge in [0.25, 0.3) is 0 Å². The van der Waals surface area contributed by atoms with Gasteiger partial charge in [-0.2, -0.15) is 0 Å². The Labute approximate surface area is 258 Å². The zero-order chi connectivity index (χ0) is 24.5. The molecule has 4 saturated carbocycles. The van der Waals surface area contributed by atoms with Gasteiger partial charge in [0.05, 0.1) is 30.8 Å². The van der Waals surface area contributed by atoms with Crippen molar-refractivity contribution in [3.05, 3.63) is 32.2 Å². The number of rotatable bonds is 5. The second-order valence-electron chi connectivity index (χ2n) is 8.48. The number of ketones is 1. The van der Waals surface area contributed by atoms with E-state index in [4.69, 9.17) is 38.2 Å². The molecule has 2 unspecified atom stereocenters. The number of fused-ring (bicyclic) bond motifs is 2.